The first-order valence-corrected chi connectivity index (χ1v) is 9.71. The van der Waals surface area contributed by atoms with Gasteiger partial charge in [0.2, 0.25) is 0 Å². The lowest BCUT2D eigenvalue weighted by molar-refractivity contribution is 0.0696. The molecule has 3 rings (SSSR count). The van der Waals surface area contributed by atoms with Gasteiger partial charge in [-0.25, -0.2) is 4.79 Å². The van der Waals surface area contributed by atoms with E-state index in [9.17, 15) is 9.59 Å². The van der Waals surface area contributed by atoms with E-state index in [1.807, 2.05) is 7.05 Å². The number of hydrogen-bond donors (Lipinski definition) is 2. The molecule has 1 aliphatic carbocycles. The van der Waals surface area contributed by atoms with Gasteiger partial charge in [-0.15, -0.1) is 0 Å². The van der Waals surface area contributed by atoms with Gasteiger partial charge in [0.05, 0.1) is 23.9 Å². The third-order valence-corrected chi connectivity index (χ3v) is 5.31. The van der Waals surface area contributed by atoms with Crippen LogP contribution in [0.4, 0.5) is 0 Å². The van der Waals surface area contributed by atoms with Crippen molar-refractivity contribution in [1.29, 1.82) is 0 Å². The van der Waals surface area contributed by atoms with Crippen molar-refractivity contribution >= 4 is 11.9 Å². The number of carboxylic acid groups (broad SMARTS) is 1. The van der Waals surface area contributed by atoms with Gasteiger partial charge in [0.25, 0.3) is 5.91 Å². The van der Waals surface area contributed by atoms with E-state index < -0.39 is 5.97 Å². The lowest BCUT2D eigenvalue weighted by atomic mass is 9.85. The van der Waals surface area contributed by atoms with Gasteiger partial charge >= 0.3 is 5.97 Å². The zero-order chi connectivity index (χ0) is 20.1. The van der Waals surface area contributed by atoms with Crippen LogP contribution in [0.1, 0.15) is 70.0 Å². The maximum atomic E-state index is 12.7. The molecular weight excluding hydrogens is 358 g/mol. The maximum absolute atomic E-state index is 12.7. The lowest BCUT2D eigenvalue weighted by Gasteiger charge is -2.20. The van der Waals surface area contributed by atoms with Gasteiger partial charge in [0, 0.05) is 25.7 Å². The molecule has 150 valence electrons. The van der Waals surface area contributed by atoms with E-state index in [4.69, 9.17) is 9.84 Å². The number of carbonyl (C=O) groups excluding carboxylic acids is 1. The van der Waals surface area contributed by atoms with Crippen LogP contribution in [-0.4, -0.2) is 40.4 Å². The lowest BCUT2D eigenvalue weighted by Crippen LogP contribution is -2.27. The summed E-state index contributed by atoms with van der Waals surface area (Å²) in [5.74, 6) is -0.238. The number of amides is 1. The average Bonchev–Trinajstić information content (AvgIpc) is 3.10. The number of nitrogens with zero attached hydrogens (tertiary/aromatic N) is 2. The largest absolute Gasteiger partial charge is 0.496 e. The van der Waals surface area contributed by atoms with E-state index >= 15 is 0 Å². The van der Waals surface area contributed by atoms with Gasteiger partial charge in [-0.3, -0.25) is 9.48 Å². The van der Waals surface area contributed by atoms with Gasteiger partial charge in [0.15, 0.2) is 0 Å². The summed E-state index contributed by atoms with van der Waals surface area (Å²) in [5.41, 5.74) is 2.59. The van der Waals surface area contributed by atoms with Crippen molar-refractivity contribution in [3.8, 4) is 5.75 Å². The van der Waals surface area contributed by atoms with Crippen LogP contribution in [0.2, 0.25) is 0 Å². The van der Waals surface area contributed by atoms with Crippen molar-refractivity contribution < 1.29 is 19.4 Å². The van der Waals surface area contributed by atoms with Crippen LogP contribution in [0, 0.1) is 0 Å². The minimum absolute atomic E-state index is 0.116. The summed E-state index contributed by atoms with van der Waals surface area (Å²) in [5, 5.41) is 16.6. The van der Waals surface area contributed by atoms with E-state index in [2.05, 4.69) is 10.4 Å². The molecule has 1 amide bonds. The standard InChI is InChI=1S/C21H27N3O4/c1-24-13-17(19(23-24)15-6-4-3-5-7-15)20(25)22-11-10-14-8-9-16(21(26)27)12-18(14)28-2/h8-9,12-13,15H,3-7,10-11H2,1-2H3,(H,22,25)(H,26,27). The van der Waals surface area contributed by atoms with Crippen LogP contribution in [0.15, 0.2) is 24.4 Å². The van der Waals surface area contributed by atoms with Gasteiger partial charge in [-0.2, -0.15) is 5.10 Å². The van der Waals surface area contributed by atoms with Crippen molar-refractivity contribution in [3.05, 3.63) is 46.8 Å². The van der Waals surface area contributed by atoms with E-state index in [0.717, 1.165) is 24.1 Å². The van der Waals surface area contributed by atoms with E-state index in [1.165, 1.54) is 32.4 Å². The van der Waals surface area contributed by atoms with E-state index in [0.29, 0.717) is 30.2 Å². The fourth-order valence-electron chi connectivity index (χ4n) is 3.85. The average molecular weight is 385 g/mol. The molecule has 1 aliphatic rings. The number of hydrogen-bond acceptors (Lipinski definition) is 4. The highest BCUT2D eigenvalue weighted by molar-refractivity contribution is 5.95. The number of aromatic nitrogens is 2. The van der Waals surface area contributed by atoms with Gasteiger partial charge < -0.3 is 15.2 Å². The normalized spacial score (nSPS) is 14.6. The molecule has 0 bridgehead atoms. The molecule has 0 unspecified atom stereocenters. The summed E-state index contributed by atoms with van der Waals surface area (Å²) in [6, 6.07) is 4.78. The quantitative estimate of drug-likeness (QED) is 0.764. The number of benzene rings is 1. The summed E-state index contributed by atoms with van der Waals surface area (Å²) >= 11 is 0. The number of aromatic carboxylic acids is 1. The second-order valence-electron chi connectivity index (χ2n) is 7.27. The molecule has 2 aromatic rings. The van der Waals surface area contributed by atoms with Crippen molar-refractivity contribution in [2.75, 3.05) is 13.7 Å². The number of carbonyl (C=O) groups is 2. The molecule has 7 heteroatoms. The molecule has 1 heterocycles. The minimum Gasteiger partial charge on any atom is -0.496 e. The number of nitrogens with one attached hydrogen (secondary N) is 1. The van der Waals surface area contributed by atoms with Crippen LogP contribution in [0.5, 0.6) is 5.75 Å². The minimum atomic E-state index is -0.995. The van der Waals surface area contributed by atoms with Crippen molar-refractivity contribution in [2.24, 2.45) is 7.05 Å². The topological polar surface area (TPSA) is 93.5 Å². The third kappa shape index (κ3) is 4.52. The Morgan fingerprint density at radius 2 is 2.04 bits per heavy atom. The van der Waals surface area contributed by atoms with Gasteiger partial charge in [0.1, 0.15) is 5.75 Å². The first kappa shape index (κ1) is 19.9. The fraction of sp³-hybridized carbons (Fsp3) is 0.476. The summed E-state index contributed by atoms with van der Waals surface area (Å²) in [6.07, 6.45) is 8.15. The number of aryl methyl sites for hydroxylation is 1. The predicted octanol–water partition coefficient (Wildman–Crippen LogP) is 3.15. The van der Waals surface area contributed by atoms with Crippen LogP contribution in [-0.2, 0) is 13.5 Å². The highest BCUT2D eigenvalue weighted by Crippen LogP contribution is 2.33. The molecule has 0 saturated heterocycles. The van der Waals surface area contributed by atoms with Crippen molar-refractivity contribution in [3.63, 3.8) is 0 Å². The number of methoxy groups -OCH3 is 1. The van der Waals surface area contributed by atoms with Crippen LogP contribution in [0.25, 0.3) is 0 Å². The molecule has 1 aromatic carbocycles. The summed E-state index contributed by atoms with van der Waals surface area (Å²) in [7, 11) is 3.35. The number of carboxylic acids is 1. The number of rotatable bonds is 7. The molecule has 0 radical (unpaired) electrons. The van der Waals surface area contributed by atoms with E-state index in [1.54, 1.807) is 23.0 Å². The molecule has 1 fully saturated rings. The molecule has 7 nitrogen and oxygen atoms in total. The molecule has 2 N–H and O–H groups in total. The summed E-state index contributed by atoms with van der Waals surface area (Å²) < 4.78 is 7.01. The molecule has 0 aliphatic heterocycles. The Bertz CT molecular complexity index is 853. The SMILES string of the molecule is COc1cc(C(=O)O)ccc1CCNC(=O)c1cn(C)nc1C1CCCCC1. The summed E-state index contributed by atoms with van der Waals surface area (Å²) in [6.45, 7) is 0.431. The fourth-order valence-corrected chi connectivity index (χ4v) is 3.85. The molecule has 1 aromatic heterocycles. The third-order valence-electron chi connectivity index (χ3n) is 5.31. The highest BCUT2D eigenvalue weighted by Gasteiger charge is 2.24. The Morgan fingerprint density at radius 3 is 2.71 bits per heavy atom. The van der Waals surface area contributed by atoms with Gasteiger partial charge in [-0.05, 0) is 37.0 Å². The monoisotopic (exact) mass is 385 g/mol. The Balaban J connectivity index is 1.64. The van der Waals surface area contributed by atoms with Crippen molar-refractivity contribution in [2.45, 2.75) is 44.4 Å². The smallest absolute Gasteiger partial charge is 0.335 e. The Kier molecular flexibility index (Phi) is 6.34. The van der Waals surface area contributed by atoms with Gasteiger partial charge in [-0.1, -0.05) is 25.3 Å². The summed E-state index contributed by atoms with van der Waals surface area (Å²) in [4.78, 5) is 23.8. The maximum Gasteiger partial charge on any atom is 0.335 e. The number of ether oxygens (including phenoxy) is 1. The first-order valence-electron chi connectivity index (χ1n) is 9.71. The second-order valence-corrected chi connectivity index (χ2v) is 7.27. The van der Waals surface area contributed by atoms with Crippen LogP contribution < -0.4 is 10.1 Å². The Labute approximate surface area is 164 Å². The van der Waals surface area contributed by atoms with Crippen molar-refractivity contribution in [1.82, 2.24) is 15.1 Å². The first-order chi connectivity index (χ1) is 13.5. The van der Waals surface area contributed by atoms with E-state index in [-0.39, 0.29) is 11.5 Å². The Morgan fingerprint density at radius 1 is 1.29 bits per heavy atom. The Hall–Kier alpha value is -2.83. The molecule has 0 atom stereocenters. The molecular formula is C21H27N3O4. The second kappa shape index (κ2) is 8.91. The molecule has 1 saturated carbocycles. The van der Waals surface area contributed by atoms with Crippen LogP contribution in [0.3, 0.4) is 0 Å². The zero-order valence-electron chi connectivity index (χ0n) is 16.4. The highest BCUT2D eigenvalue weighted by atomic mass is 16.5. The zero-order valence-corrected chi connectivity index (χ0v) is 16.4. The van der Waals surface area contributed by atoms with Crippen LogP contribution >= 0.6 is 0 Å². The molecule has 0 spiro atoms. The predicted molar refractivity (Wildman–Crippen MR) is 105 cm³/mol. The molecule has 28 heavy (non-hydrogen) atoms.